The minimum Gasteiger partial charge on any atom is -0.489 e. The largest absolute Gasteiger partial charge is 0.489 e. The third-order valence-corrected chi connectivity index (χ3v) is 7.59. The average Bonchev–Trinajstić information content (AvgIpc) is 3.07. The summed E-state index contributed by atoms with van der Waals surface area (Å²) in [5.74, 6) is 0.771. The normalized spacial score (nSPS) is 11.2. The van der Waals surface area contributed by atoms with E-state index in [4.69, 9.17) is 9.47 Å². The lowest BCUT2D eigenvalue weighted by atomic mass is 9.99. The summed E-state index contributed by atoms with van der Waals surface area (Å²) in [7, 11) is 0. The molecule has 1 amide bonds. The Hall–Kier alpha value is -5.86. The zero-order valence-electron chi connectivity index (χ0n) is 24.3. The van der Waals surface area contributed by atoms with Gasteiger partial charge in [0.2, 0.25) is 0 Å². The van der Waals surface area contributed by atoms with Crippen LogP contribution in [0.1, 0.15) is 22.3 Å². The van der Waals surface area contributed by atoms with Crippen LogP contribution in [0.2, 0.25) is 0 Å². The molecule has 0 aromatic heterocycles. The van der Waals surface area contributed by atoms with Gasteiger partial charge in [-0.05, 0) is 76.0 Å². The number of amides is 1. The maximum Gasteiger partial charge on any atom is 0.266 e. The van der Waals surface area contributed by atoms with Gasteiger partial charge in [-0.2, -0.15) is 5.26 Å². The highest BCUT2D eigenvalue weighted by atomic mass is 16.5. The first-order valence-corrected chi connectivity index (χ1v) is 14.4. The highest BCUT2D eigenvalue weighted by Crippen LogP contribution is 2.32. The molecule has 0 radical (unpaired) electrons. The Kier molecular flexibility index (Phi) is 8.34. The first-order chi connectivity index (χ1) is 21.6. The minimum atomic E-state index is -0.505. The van der Waals surface area contributed by atoms with Crippen LogP contribution in [-0.4, -0.2) is 5.91 Å². The van der Waals surface area contributed by atoms with Crippen LogP contribution in [0.4, 0.5) is 5.69 Å². The molecule has 0 fully saturated rings. The molecule has 0 bridgehead atoms. The van der Waals surface area contributed by atoms with E-state index in [1.165, 1.54) is 0 Å². The fourth-order valence-corrected chi connectivity index (χ4v) is 5.20. The first kappa shape index (κ1) is 28.3. The monoisotopic (exact) mass is 574 g/mol. The summed E-state index contributed by atoms with van der Waals surface area (Å²) in [6.07, 6.45) is 1.61. The van der Waals surface area contributed by atoms with Crippen LogP contribution in [0.15, 0.2) is 133 Å². The second-order valence-electron chi connectivity index (χ2n) is 10.5. The Labute approximate surface area is 256 Å². The van der Waals surface area contributed by atoms with Crippen LogP contribution in [0.25, 0.3) is 27.6 Å². The smallest absolute Gasteiger partial charge is 0.266 e. The van der Waals surface area contributed by atoms with Crippen molar-refractivity contribution in [3.05, 3.63) is 155 Å². The number of hydrogen-bond donors (Lipinski definition) is 1. The molecule has 5 nitrogen and oxygen atoms in total. The molecule has 0 aliphatic heterocycles. The van der Waals surface area contributed by atoms with E-state index < -0.39 is 5.91 Å². The molecule has 0 heterocycles. The molecule has 6 rings (SSSR count). The number of carbonyl (C=O) groups is 1. The van der Waals surface area contributed by atoms with E-state index in [0.717, 1.165) is 38.2 Å². The third kappa shape index (κ3) is 6.30. The second kappa shape index (κ2) is 13.0. The molecule has 6 aromatic rings. The number of nitrogens with zero attached hydrogens (tertiary/aromatic N) is 1. The number of hydrogen-bond acceptors (Lipinski definition) is 4. The fourth-order valence-electron chi connectivity index (χ4n) is 5.20. The number of carbonyl (C=O) groups excluding carboxylic acids is 1. The summed E-state index contributed by atoms with van der Waals surface area (Å²) in [6.45, 7) is 2.87. The van der Waals surface area contributed by atoms with Gasteiger partial charge in [-0.1, -0.05) is 97.1 Å². The zero-order chi connectivity index (χ0) is 30.3. The topological polar surface area (TPSA) is 71.3 Å². The fraction of sp³-hybridized carbons (Fsp3) is 0.0769. The van der Waals surface area contributed by atoms with Crippen molar-refractivity contribution < 1.29 is 14.3 Å². The number of ether oxygens (including phenoxy) is 2. The van der Waals surface area contributed by atoms with Crippen LogP contribution < -0.4 is 14.8 Å². The van der Waals surface area contributed by atoms with Gasteiger partial charge in [-0.15, -0.1) is 0 Å². The van der Waals surface area contributed by atoms with Crippen molar-refractivity contribution in [1.29, 1.82) is 5.26 Å². The van der Waals surface area contributed by atoms with Gasteiger partial charge in [0.05, 0.1) is 0 Å². The van der Waals surface area contributed by atoms with Crippen molar-refractivity contribution in [1.82, 2.24) is 0 Å². The number of nitrogens with one attached hydrogen (secondary N) is 1. The van der Waals surface area contributed by atoms with Gasteiger partial charge < -0.3 is 14.8 Å². The molecule has 0 saturated carbocycles. The number of nitriles is 1. The van der Waals surface area contributed by atoms with Gasteiger partial charge in [0.1, 0.15) is 36.4 Å². The third-order valence-electron chi connectivity index (χ3n) is 7.59. The molecular formula is C39H30N2O3. The lowest BCUT2D eigenvalue weighted by molar-refractivity contribution is -0.112. The summed E-state index contributed by atoms with van der Waals surface area (Å²) < 4.78 is 12.3. The maximum absolute atomic E-state index is 13.3. The summed E-state index contributed by atoms with van der Waals surface area (Å²) in [5.41, 5.74) is 4.51. The molecule has 0 unspecified atom stereocenters. The standard InChI is InChI=1S/C39H30N2O3/c1-27-15-16-29-11-6-8-14-35(29)37(27)26-44-38-22-17-30-12-5-7-13-34(30)36(38)23-31(24-40)39(42)41-32-18-20-33(21-19-32)43-25-28-9-3-2-4-10-28/h2-23H,25-26H2,1H3,(H,41,42)/b31-23+. The maximum atomic E-state index is 13.3. The van der Waals surface area contributed by atoms with E-state index in [1.807, 2.05) is 78.9 Å². The number of benzene rings is 6. The zero-order valence-corrected chi connectivity index (χ0v) is 24.3. The Morgan fingerprint density at radius 2 is 1.39 bits per heavy atom. The number of anilines is 1. The van der Waals surface area contributed by atoms with Crippen LogP contribution >= 0.6 is 0 Å². The van der Waals surface area contributed by atoms with Gasteiger partial charge in [-0.3, -0.25) is 4.79 Å². The Balaban J connectivity index is 1.24. The molecule has 214 valence electrons. The summed E-state index contributed by atoms with van der Waals surface area (Å²) >= 11 is 0. The predicted octanol–water partition coefficient (Wildman–Crippen LogP) is 9.01. The number of fused-ring (bicyclic) bond motifs is 2. The van der Waals surface area contributed by atoms with Gasteiger partial charge in [0, 0.05) is 16.8 Å². The van der Waals surface area contributed by atoms with E-state index >= 15 is 0 Å². The van der Waals surface area contributed by atoms with E-state index in [0.29, 0.717) is 36.0 Å². The van der Waals surface area contributed by atoms with Crippen molar-refractivity contribution in [3.8, 4) is 17.6 Å². The summed E-state index contributed by atoms with van der Waals surface area (Å²) in [6, 6.07) is 43.3. The molecule has 0 aliphatic rings. The van der Waals surface area contributed by atoms with E-state index in [-0.39, 0.29) is 5.57 Å². The van der Waals surface area contributed by atoms with E-state index in [1.54, 1.807) is 30.3 Å². The second-order valence-corrected chi connectivity index (χ2v) is 10.5. The Morgan fingerprint density at radius 1 is 0.727 bits per heavy atom. The van der Waals surface area contributed by atoms with Crippen LogP contribution in [0, 0.1) is 18.3 Å². The van der Waals surface area contributed by atoms with Gasteiger partial charge in [0.15, 0.2) is 0 Å². The Bertz CT molecular complexity index is 2020. The average molecular weight is 575 g/mol. The Morgan fingerprint density at radius 3 is 2.14 bits per heavy atom. The number of aryl methyl sites for hydroxylation is 1. The molecule has 5 heteroatoms. The molecule has 0 spiro atoms. The molecule has 1 N–H and O–H groups in total. The SMILES string of the molecule is Cc1ccc2ccccc2c1COc1ccc2ccccc2c1/C=C(\C#N)C(=O)Nc1ccc(OCc2ccccc2)cc1. The molecule has 0 aliphatic carbocycles. The van der Waals surface area contributed by atoms with Crippen LogP contribution in [0.5, 0.6) is 11.5 Å². The highest BCUT2D eigenvalue weighted by molar-refractivity contribution is 6.11. The predicted molar refractivity (Wildman–Crippen MR) is 176 cm³/mol. The van der Waals surface area contributed by atoms with E-state index in [9.17, 15) is 10.1 Å². The quantitative estimate of drug-likeness (QED) is 0.138. The van der Waals surface area contributed by atoms with Gasteiger partial charge in [-0.25, -0.2) is 0 Å². The van der Waals surface area contributed by atoms with Gasteiger partial charge in [0.25, 0.3) is 5.91 Å². The van der Waals surface area contributed by atoms with Crippen molar-refractivity contribution in [2.75, 3.05) is 5.32 Å². The summed E-state index contributed by atoms with van der Waals surface area (Å²) in [5, 5.41) is 17.0. The lowest BCUT2D eigenvalue weighted by Gasteiger charge is -2.15. The molecule has 0 atom stereocenters. The molecule has 6 aromatic carbocycles. The molecule has 0 saturated heterocycles. The van der Waals surface area contributed by atoms with Crippen LogP contribution in [0.3, 0.4) is 0 Å². The first-order valence-electron chi connectivity index (χ1n) is 14.4. The van der Waals surface area contributed by atoms with Crippen molar-refractivity contribution in [2.45, 2.75) is 20.1 Å². The van der Waals surface area contributed by atoms with E-state index in [2.05, 4.69) is 42.6 Å². The van der Waals surface area contributed by atoms with Crippen molar-refractivity contribution in [3.63, 3.8) is 0 Å². The number of rotatable bonds is 9. The molecule has 44 heavy (non-hydrogen) atoms. The molecular weight excluding hydrogens is 544 g/mol. The van der Waals surface area contributed by atoms with Crippen molar-refractivity contribution >= 4 is 39.2 Å². The minimum absolute atomic E-state index is 0.0306. The highest BCUT2D eigenvalue weighted by Gasteiger charge is 2.15. The van der Waals surface area contributed by atoms with Crippen LogP contribution in [-0.2, 0) is 18.0 Å². The van der Waals surface area contributed by atoms with Gasteiger partial charge >= 0.3 is 0 Å². The lowest BCUT2D eigenvalue weighted by Crippen LogP contribution is -2.13. The summed E-state index contributed by atoms with van der Waals surface area (Å²) in [4.78, 5) is 13.3. The van der Waals surface area contributed by atoms with Crippen molar-refractivity contribution in [2.24, 2.45) is 0 Å².